The van der Waals surface area contributed by atoms with Gasteiger partial charge < -0.3 is 0 Å². The van der Waals surface area contributed by atoms with Crippen molar-refractivity contribution in [1.82, 2.24) is 9.97 Å². The van der Waals surface area contributed by atoms with Gasteiger partial charge in [-0.25, -0.2) is 9.97 Å². The first-order valence-corrected chi connectivity index (χ1v) is 4.26. The van der Waals surface area contributed by atoms with Crippen LogP contribution in [0.25, 0.3) is 0 Å². The second-order valence-corrected chi connectivity index (χ2v) is 2.75. The second kappa shape index (κ2) is 5.32. The number of aromatic nitrogens is 2. The van der Waals surface area contributed by atoms with Crippen LogP contribution in [0.2, 0.25) is 0 Å². The third kappa shape index (κ3) is 2.49. The van der Waals surface area contributed by atoms with Crippen molar-refractivity contribution in [3.63, 3.8) is 0 Å². The predicted molar refractivity (Wildman–Crippen MR) is 50.0 cm³/mol. The molecule has 0 amide bonds. The molecule has 0 bridgehead atoms. The van der Waals surface area contributed by atoms with Gasteiger partial charge in [-0.3, -0.25) is 0 Å². The lowest BCUT2D eigenvalue weighted by atomic mass is 10.1. The Bertz CT molecular complexity index is 438. The molecule has 1 aromatic heterocycles. The molecular weight excluding hydrogens is 190 g/mol. The molecule has 0 spiro atoms. The van der Waals surface area contributed by atoms with E-state index in [9.17, 15) is 0 Å². The van der Waals surface area contributed by atoms with Gasteiger partial charge in [0.1, 0.15) is 6.33 Å². The molecule has 0 aliphatic carbocycles. The molecular formula is C10H7N5. The van der Waals surface area contributed by atoms with Gasteiger partial charge in [0.2, 0.25) is 0 Å². The summed E-state index contributed by atoms with van der Waals surface area (Å²) in [6, 6.07) is 5.92. The van der Waals surface area contributed by atoms with Crippen LogP contribution in [0.3, 0.4) is 0 Å². The lowest BCUT2D eigenvalue weighted by molar-refractivity contribution is 0.936. The molecule has 0 saturated carbocycles. The van der Waals surface area contributed by atoms with Gasteiger partial charge in [-0.15, -0.1) is 0 Å². The molecule has 5 nitrogen and oxygen atoms in total. The summed E-state index contributed by atoms with van der Waals surface area (Å²) in [7, 11) is 0. The van der Waals surface area contributed by atoms with E-state index in [4.69, 9.17) is 15.8 Å². The van der Waals surface area contributed by atoms with Crippen LogP contribution in [0.15, 0.2) is 6.33 Å². The highest BCUT2D eigenvalue weighted by Gasteiger charge is 2.10. The molecule has 1 heterocycles. The summed E-state index contributed by atoms with van der Waals surface area (Å²) in [5.41, 5.74) is 1.70. The number of hydrogen-bond acceptors (Lipinski definition) is 5. The van der Waals surface area contributed by atoms with Gasteiger partial charge in [0.05, 0.1) is 48.9 Å². The maximum absolute atomic E-state index is 8.63. The van der Waals surface area contributed by atoms with E-state index in [-0.39, 0.29) is 19.3 Å². The normalized spacial score (nSPS) is 8.60. The van der Waals surface area contributed by atoms with Crippen LogP contribution in [0.4, 0.5) is 0 Å². The molecule has 0 aliphatic heterocycles. The zero-order valence-corrected chi connectivity index (χ0v) is 7.93. The maximum atomic E-state index is 8.63. The molecule has 72 valence electrons. The summed E-state index contributed by atoms with van der Waals surface area (Å²) in [6.45, 7) is 0. The fourth-order valence-corrected chi connectivity index (χ4v) is 1.23. The number of nitriles is 3. The standard InChI is InChI=1S/C10H7N5/c11-4-1-8-9(2-5-12)14-7-15-10(8)3-6-13/h7H,1-3H2. The van der Waals surface area contributed by atoms with E-state index in [2.05, 4.69) is 9.97 Å². The third-order valence-corrected chi connectivity index (χ3v) is 1.87. The molecule has 1 aromatic rings. The number of nitrogens with zero attached hydrogens (tertiary/aromatic N) is 5. The van der Waals surface area contributed by atoms with Crippen LogP contribution in [0, 0.1) is 34.0 Å². The molecule has 0 atom stereocenters. The third-order valence-electron chi connectivity index (χ3n) is 1.87. The van der Waals surface area contributed by atoms with Gasteiger partial charge in [0.15, 0.2) is 0 Å². The van der Waals surface area contributed by atoms with Crippen LogP contribution in [-0.2, 0) is 19.3 Å². The van der Waals surface area contributed by atoms with E-state index in [1.54, 1.807) is 0 Å². The summed E-state index contributed by atoms with van der Waals surface area (Å²) < 4.78 is 0. The molecule has 0 radical (unpaired) electrons. The maximum Gasteiger partial charge on any atom is 0.116 e. The van der Waals surface area contributed by atoms with Gasteiger partial charge >= 0.3 is 0 Å². The first-order chi connectivity index (χ1) is 7.33. The Morgan fingerprint density at radius 1 is 0.867 bits per heavy atom. The Morgan fingerprint density at radius 3 is 1.73 bits per heavy atom. The molecule has 0 saturated heterocycles. The van der Waals surface area contributed by atoms with Crippen LogP contribution >= 0.6 is 0 Å². The van der Waals surface area contributed by atoms with Gasteiger partial charge in [0.25, 0.3) is 0 Å². The Kier molecular flexibility index (Phi) is 3.77. The molecule has 0 N–H and O–H groups in total. The summed E-state index contributed by atoms with van der Waals surface area (Å²) in [5, 5.41) is 25.8. The van der Waals surface area contributed by atoms with E-state index in [1.165, 1.54) is 6.33 Å². The zero-order valence-electron chi connectivity index (χ0n) is 7.93. The van der Waals surface area contributed by atoms with Crippen molar-refractivity contribution in [2.45, 2.75) is 19.3 Å². The fraction of sp³-hybridized carbons (Fsp3) is 0.300. The van der Waals surface area contributed by atoms with Crippen molar-refractivity contribution in [3.8, 4) is 18.2 Å². The molecule has 15 heavy (non-hydrogen) atoms. The first-order valence-electron chi connectivity index (χ1n) is 4.26. The minimum Gasteiger partial charge on any atom is -0.240 e. The fourth-order valence-electron chi connectivity index (χ4n) is 1.23. The van der Waals surface area contributed by atoms with Crippen molar-refractivity contribution in [1.29, 1.82) is 15.8 Å². The zero-order chi connectivity index (χ0) is 11.1. The topological polar surface area (TPSA) is 97.2 Å². The summed E-state index contributed by atoms with van der Waals surface area (Å²) in [4.78, 5) is 7.87. The number of rotatable bonds is 3. The first kappa shape index (κ1) is 10.6. The average molecular weight is 197 g/mol. The minimum absolute atomic E-state index is 0.134. The van der Waals surface area contributed by atoms with Crippen LogP contribution in [0.1, 0.15) is 17.0 Å². The Hall–Kier alpha value is -2.45. The molecule has 0 unspecified atom stereocenters. The Labute approximate surface area is 87.2 Å². The van der Waals surface area contributed by atoms with Gasteiger partial charge in [0, 0.05) is 5.56 Å². The van der Waals surface area contributed by atoms with E-state index in [0.717, 1.165) is 0 Å². The molecule has 5 heteroatoms. The molecule has 0 aromatic carbocycles. The number of hydrogen-bond donors (Lipinski definition) is 0. The highest BCUT2D eigenvalue weighted by Crippen LogP contribution is 2.11. The summed E-state index contributed by atoms with van der Waals surface area (Å²) in [5.74, 6) is 0. The lowest BCUT2D eigenvalue weighted by Crippen LogP contribution is -2.04. The van der Waals surface area contributed by atoms with Crippen molar-refractivity contribution in [2.75, 3.05) is 0 Å². The summed E-state index contributed by atoms with van der Waals surface area (Å²) >= 11 is 0. The Morgan fingerprint density at radius 2 is 1.33 bits per heavy atom. The summed E-state index contributed by atoms with van der Waals surface area (Å²) in [6.07, 6.45) is 1.73. The van der Waals surface area contributed by atoms with Crippen LogP contribution < -0.4 is 0 Å². The molecule has 1 rings (SSSR count). The van der Waals surface area contributed by atoms with Crippen molar-refractivity contribution < 1.29 is 0 Å². The monoisotopic (exact) mass is 197 g/mol. The van der Waals surface area contributed by atoms with Gasteiger partial charge in [-0.1, -0.05) is 0 Å². The highest BCUT2D eigenvalue weighted by molar-refractivity contribution is 5.30. The smallest absolute Gasteiger partial charge is 0.116 e. The largest absolute Gasteiger partial charge is 0.240 e. The van der Waals surface area contributed by atoms with E-state index >= 15 is 0 Å². The SMILES string of the molecule is N#CCc1ncnc(CC#N)c1CC#N. The quantitative estimate of drug-likeness (QED) is 0.709. The molecule has 0 aliphatic rings. The van der Waals surface area contributed by atoms with Crippen molar-refractivity contribution >= 4 is 0 Å². The predicted octanol–water partition coefficient (Wildman–Crippen LogP) is 0.675. The van der Waals surface area contributed by atoms with Crippen molar-refractivity contribution in [3.05, 3.63) is 23.3 Å². The average Bonchev–Trinajstić information content (AvgIpc) is 2.23. The second-order valence-electron chi connectivity index (χ2n) is 2.75. The minimum atomic E-state index is 0.134. The highest BCUT2D eigenvalue weighted by atomic mass is 14.8. The van der Waals surface area contributed by atoms with Crippen LogP contribution in [-0.4, -0.2) is 9.97 Å². The van der Waals surface area contributed by atoms with Crippen LogP contribution in [0.5, 0.6) is 0 Å². The van der Waals surface area contributed by atoms with Gasteiger partial charge in [-0.05, 0) is 0 Å². The Balaban J connectivity index is 3.18. The van der Waals surface area contributed by atoms with Crippen molar-refractivity contribution in [2.24, 2.45) is 0 Å². The lowest BCUT2D eigenvalue weighted by Gasteiger charge is -2.05. The molecule has 0 fully saturated rings. The van der Waals surface area contributed by atoms with Gasteiger partial charge in [-0.2, -0.15) is 15.8 Å². The van der Waals surface area contributed by atoms with E-state index < -0.39 is 0 Å². The van der Waals surface area contributed by atoms with E-state index in [0.29, 0.717) is 17.0 Å². The van der Waals surface area contributed by atoms with E-state index in [1.807, 2.05) is 18.2 Å².